The summed E-state index contributed by atoms with van der Waals surface area (Å²) in [6.07, 6.45) is 1.50. The molecule has 1 amide bonds. The highest BCUT2D eigenvalue weighted by Gasteiger charge is 2.31. The molecule has 152 valence electrons. The van der Waals surface area contributed by atoms with Gasteiger partial charge in [0, 0.05) is 6.54 Å². The van der Waals surface area contributed by atoms with Crippen LogP contribution in [0.1, 0.15) is 24.5 Å². The predicted octanol–water partition coefficient (Wildman–Crippen LogP) is 4.01. The maximum atomic E-state index is 12.9. The van der Waals surface area contributed by atoms with Crippen molar-refractivity contribution in [3.63, 3.8) is 0 Å². The van der Waals surface area contributed by atoms with Crippen molar-refractivity contribution in [3.05, 3.63) is 77.9 Å². The van der Waals surface area contributed by atoms with Crippen LogP contribution in [0.3, 0.4) is 0 Å². The Bertz CT molecular complexity index is 1130. The van der Waals surface area contributed by atoms with E-state index < -0.39 is 16.1 Å². The highest BCUT2D eigenvalue weighted by Crippen LogP contribution is 2.23. The molecule has 0 saturated heterocycles. The Hall–Kier alpha value is -2.86. The van der Waals surface area contributed by atoms with Gasteiger partial charge in [-0.15, -0.1) is 0 Å². The van der Waals surface area contributed by atoms with E-state index in [0.717, 1.165) is 28.2 Å². The molecule has 0 aromatic heterocycles. The summed E-state index contributed by atoms with van der Waals surface area (Å²) in [4.78, 5) is 12.9. The lowest BCUT2D eigenvalue weighted by Gasteiger charge is -2.30. The molecule has 0 heterocycles. The molecule has 0 fully saturated rings. The molecule has 1 unspecified atom stereocenters. The quantitative estimate of drug-likeness (QED) is 0.640. The van der Waals surface area contributed by atoms with Gasteiger partial charge in [0.1, 0.15) is 6.04 Å². The number of nitrogens with zero attached hydrogens (tertiary/aromatic N) is 1. The SMILES string of the molecule is CCC(C(=O)NCc1ccc2ccccc2c1)N(c1cccc(C)c1)S(C)(=O)=O. The van der Waals surface area contributed by atoms with Crippen LogP contribution in [0.5, 0.6) is 0 Å². The molecule has 5 nitrogen and oxygen atoms in total. The molecule has 0 bridgehead atoms. The number of hydrogen-bond donors (Lipinski definition) is 1. The zero-order valence-corrected chi connectivity index (χ0v) is 17.7. The first-order valence-corrected chi connectivity index (χ1v) is 11.5. The van der Waals surface area contributed by atoms with Gasteiger partial charge in [-0.2, -0.15) is 0 Å². The van der Waals surface area contributed by atoms with E-state index in [1.54, 1.807) is 18.2 Å². The summed E-state index contributed by atoms with van der Waals surface area (Å²) in [6.45, 7) is 4.05. The summed E-state index contributed by atoms with van der Waals surface area (Å²) in [7, 11) is -3.63. The van der Waals surface area contributed by atoms with Crippen molar-refractivity contribution in [1.82, 2.24) is 5.32 Å². The Morgan fingerprint density at radius 3 is 2.38 bits per heavy atom. The zero-order chi connectivity index (χ0) is 21.0. The first-order chi connectivity index (χ1) is 13.8. The number of hydrogen-bond acceptors (Lipinski definition) is 3. The Morgan fingerprint density at radius 2 is 1.72 bits per heavy atom. The lowest BCUT2D eigenvalue weighted by molar-refractivity contribution is -0.122. The molecular weight excluding hydrogens is 384 g/mol. The molecule has 0 aliphatic heterocycles. The van der Waals surface area contributed by atoms with Crippen LogP contribution in [0.4, 0.5) is 5.69 Å². The summed E-state index contributed by atoms with van der Waals surface area (Å²) in [5.74, 6) is -0.312. The minimum absolute atomic E-state index is 0.312. The molecule has 3 aromatic carbocycles. The number of nitrogens with one attached hydrogen (secondary N) is 1. The molecule has 1 atom stereocenters. The number of amides is 1. The van der Waals surface area contributed by atoms with Gasteiger partial charge in [-0.3, -0.25) is 9.10 Å². The van der Waals surface area contributed by atoms with Gasteiger partial charge in [0.05, 0.1) is 11.9 Å². The van der Waals surface area contributed by atoms with Crippen LogP contribution < -0.4 is 9.62 Å². The fourth-order valence-electron chi connectivity index (χ4n) is 3.48. The Morgan fingerprint density at radius 1 is 1.00 bits per heavy atom. The van der Waals surface area contributed by atoms with E-state index in [1.807, 2.05) is 62.4 Å². The van der Waals surface area contributed by atoms with E-state index in [2.05, 4.69) is 5.32 Å². The zero-order valence-electron chi connectivity index (χ0n) is 16.9. The van der Waals surface area contributed by atoms with Crippen molar-refractivity contribution >= 4 is 32.4 Å². The molecule has 3 rings (SSSR count). The van der Waals surface area contributed by atoms with Crippen molar-refractivity contribution in [2.45, 2.75) is 32.9 Å². The van der Waals surface area contributed by atoms with E-state index in [0.29, 0.717) is 18.7 Å². The van der Waals surface area contributed by atoms with Crippen LogP contribution in [-0.4, -0.2) is 26.6 Å². The maximum absolute atomic E-state index is 12.9. The minimum Gasteiger partial charge on any atom is -0.350 e. The smallest absolute Gasteiger partial charge is 0.244 e. The van der Waals surface area contributed by atoms with Crippen molar-refractivity contribution in [2.75, 3.05) is 10.6 Å². The normalized spacial score (nSPS) is 12.5. The van der Waals surface area contributed by atoms with E-state index in [4.69, 9.17) is 0 Å². The highest BCUT2D eigenvalue weighted by molar-refractivity contribution is 7.92. The number of anilines is 1. The third-order valence-corrected chi connectivity index (χ3v) is 6.05. The van der Waals surface area contributed by atoms with Gasteiger partial charge in [0.25, 0.3) is 0 Å². The molecule has 0 saturated carbocycles. The van der Waals surface area contributed by atoms with Gasteiger partial charge in [0.15, 0.2) is 0 Å². The van der Waals surface area contributed by atoms with E-state index >= 15 is 0 Å². The topological polar surface area (TPSA) is 66.5 Å². The summed E-state index contributed by atoms with van der Waals surface area (Å²) in [5.41, 5.74) is 2.40. The number of benzene rings is 3. The Kier molecular flexibility index (Phi) is 6.23. The lowest BCUT2D eigenvalue weighted by atomic mass is 10.1. The summed E-state index contributed by atoms with van der Waals surface area (Å²) < 4.78 is 26.2. The molecule has 0 aliphatic carbocycles. The van der Waals surface area contributed by atoms with E-state index in [1.165, 1.54) is 4.31 Å². The number of rotatable bonds is 7. The second-order valence-electron chi connectivity index (χ2n) is 7.22. The molecule has 6 heteroatoms. The molecule has 0 spiro atoms. The van der Waals surface area contributed by atoms with Crippen LogP contribution in [0.25, 0.3) is 10.8 Å². The van der Waals surface area contributed by atoms with Crippen LogP contribution in [0.2, 0.25) is 0 Å². The van der Waals surface area contributed by atoms with Crippen LogP contribution >= 0.6 is 0 Å². The number of carbonyl (C=O) groups excluding carboxylic acids is 1. The van der Waals surface area contributed by atoms with Crippen molar-refractivity contribution in [1.29, 1.82) is 0 Å². The average Bonchev–Trinajstić information content (AvgIpc) is 2.69. The van der Waals surface area contributed by atoms with Gasteiger partial charge < -0.3 is 5.32 Å². The van der Waals surface area contributed by atoms with Crippen LogP contribution in [0, 0.1) is 6.92 Å². The van der Waals surface area contributed by atoms with Crippen molar-refractivity contribution in [3.8, 4) is 0 Å². The lowest BCUT2D eigenvalue weighted by Crippen LogP contribution is -2.49. The number of sulfonamides is 1. The fourth-order valence-corrected chi connectivity index (χ4v) is 4.68. The first kappa shape index (κ1) is 20.9. The standard InChI is InChI=1S/C23H26N2O3S/c1-4-22(25(29(3,27)28)21-11-7-8-17(2)14-21)23(26)24-16-18-12-13-19-9-5-6-10-20(19)15-18/h5-15,22H,4,16H2,1-3H3,(H,24,26). The molecule has 29 heavy (non-hydrogen) atoms. The number of aryl methyl sites for hydroxylation is 1. The second kappa shape index (κ2) is 8.66. The van der Waals surface area contributed by atoms with Crippen molar-refractivity contribution in [2.24, 2.45) is 0 Å². The number of fused-ring (bicyclic) bond motifs is 1. The van der Waals surface area contributed by atoms with E-state index in [-0.39, 0.29) is 5.91 Å². The predicted molar refractivity (Wildman–Crippen MR) is 118 cm³/mol. The second-order valence-corrected chi connectivity index (χ2v) is 9.08. The van der Waals surface area contributed by atoms with Crippen molar-refractivity contribution < 1.29 is 13.2 Å². The van der Waals surface area contributed by atoms with Crippen LogP contribution in [0.15, 0.2) is 66.7 Å². The minimum atomic E-state index is -3.63. The average molecular weight is 411 g/mol. The van der Waals surface area contributed by atoms with Gasteiger partial charge in [-0.05, 0) is 53.4 Å². The molecule has 1 N–H and O–H groups in total. The third-order valence-electron chi connectivity index (χ3n) is 4.87. The van der Waals surface area contributed by atoms with Gasteiger partial charge in [0.2, 0.25) is 15.9 Å². The van der Waals surface area contributed by atoms with E-state index in [9.17, 15) is 13.2 Å². The molecule has 0 radical (unpaired) electrons. The van der Waals surface area contributed by atoms with Gasteiger partial charge >= 0.3 is 0 Å². The number of carbonyl (C=O) groups is 1. The largest absolute Gasteiger partial charge is 0.350 e. The highest BCUT2D eigenvalue weighted by atomic mass is 32.2. The Labute approximate surface area is 172 Å². The Balaban J connectivity index is 1.81. The van der Waals surface area contributed by atoms with Gasteiger partial charge in [-0.25, -0.2) is 8.42 Å². The first-order valence-electron chi connectivity index (χ1n) is 9.61. The molecule has 0 aliphatic rings. The third kappa shape index (κ3) is 4.95. The van der Waals surface area contributed by atoms with Crippen LogP contribution in [-0.2, 0) is 21.4 Å². The summed E-state index contributed by atoms with van der Waals surface area (Å²) in [5, 5.41) is 5.14. The van der Waals surface area contributed by atoms with Gasteiger partial charge in [-0.1, -0.05) is 55.5 Å². The maximum Gasteiger partial charge on any atom is 0.244 e. The molecular formula is C23H26N2O3S. The summed E-state index contributed by atoms with van der Waals surface area (Å²) >= 11 is 0. The summed E-state index contributed by atoms with van der Waals surface area (Å²) in [6, 6.07) is 20.4. The molecule has 3 aromatic rings. The fraction of sp³-hybridized carbons (Fsp3) is 0.261. The monoisotopic (exact) mass is 410 g/mol.